The number of hydrogen-bond donors (Lipinski definition) is 0. The monoisotopic (exact) mass is 600 g/mol. The van der Waals surface area contributed by atoms with Gasteiger partial charge in [-0.3, -0.25) is 0 Å². The molecule has 0 aromatic heterocycles. The molecule has 1 aliphatic carbocycles. The van der Waals surface area contributed by atoms with Crippen LogP contribution in [0.5, 0.6) is 5.75 Å². The molecule has 1 aliphatic heterocycles. The van der Waals surface area contributed by atoms with E-state index in [0.717, 1.165) is 18.2 Å². The third-order valence-electron chi connectivity index (χ3n) is 7.78. The van der Waals surface area contributed by atoms with Gasteiger partial charge in [-0.15, -0.1) is 0 Å². The van der Waals surface area contributed by atoms with Gasteiger partial charge in [-0.05, 0) is 73.1 Å². The van der Waals surface area contributed by atoms with Crippen molar-refractivity contribution < 1.29 is 49.3 Å². The van der Waals surface area contributed by atoms with Gasteiger partial charge in [0.25, 0.3) is 0 Å². The van der Waals surface area contributed by atoms with Crippen LogP contribution >= 0.6 is 0 Å². The number of hydrogen-bond acceptors (Lipinski definition) is 3. The lowest BCUT2D eigenvalue weighted by Gasteiger charge is -2.34. The molecule has 3 aromatic carbocycles. The molecule has 1 saturated carbocycles. The van der Waals surface area contributed by atoms with Crippen molar-refractivity contribution in [2.45, 2.75) is 57.1 Å². The minimum Gasteiger partial charge on any atom is -0.432 e. The van der Waals surface area contributed by atoms with E-state index in [9.17, 15) is 26.3 Å². The Labute approximate surface area is 237 Å². The number of alkyl halides is 5. The average molecular weight is 601 g/mol. The molecule has 0 spiro atoms. The Bertz CT molecular complexity index is 1410. The molecule has 5 rings (SSSR count). The molecule has 0 atom stereocenters. The molecule has 11 heteroatoms. The van der Waals surface area contributed by atoms with Gasteiger partial charge >= 0.3 is 12.3 Å². The Balaban J connectivity index is 1.21. The maximum Gasteiger partial charge on any atom is 0.419 e. The van der Waals surface area contributed by atoms with Crippen molar-refractivity contribution in [1.29, 1.82) is 0 Å². The lowest BCUT2D eigenvalue weighted by atomic mass is 9.78. The van der Waals surface area contributed by atoms with Crippen molar-refractivity contribution >= 4 is 0 Å². The molecular weight excluding hydrogens is 572 g/mol. The highest BCUT2D eigenvalue weighted by Gasteiger charge is 2.44. The molecule has 42 heavy (non-hydrogen) atoms. The first-order valence-electron chi connectivity index (χ1n) is 13.6. The molecule has 0 bridgehead atoms. The molecule has 0 N–H and O–H groups in total. The maximum absolute atomic E-state index is 15.1. The summed E-state index contributed by atoms with van der Waals surface area (Å²) in [7, 11) is 0. The molecule has 2 aliphatic rings. The summed E-state index contributed by atoms with van der Waals surface area (Å²) in [5.74, 6) is -4.80. The maximum atomic E-state index is 15.1. The number of rotatable bonds is 6. The molecule has 0 radical (unpaired) electrons. The third-order valence-corrected chi connectivity index (χ3v) is 7.78. The van der Waals surface area contributed by atoms with Crippen LogP contribution in [0.4, 0.5) is 35.1 Å². The van der Waals surface area contributed by atoms with Gasteiger partial charge in [0.2, 0.25) is 0 Å². The smallest absolute Gasteiger partial charge is 0.419 e. The van der Waals surface area contributed by atoms with E-state index < -0.39 is 53.3 Å². The van der Waals surface area contributed by atoms with Crippen molar-refractivity contribution in [2.75, 3.05) is 13.2 Å². The predicted octanol–water partition coefficient (Wildman–Crippen LogP) is 9.42. The topological polar surface area (TPSA) is 27.7 Å². The minimum absolute atomic E-state index is 0.0387. The van der Waals surface area contributed by atoms with Crippen LogP contribution < -0.4 is 4.74 Å². The molecule has 0 unspecified atom stereocenters. The van der Waals surface area contributed by atoms with Gasteiger partial charge in [-0.25, -0.2) is 13.2 Å². The Hall–Kier alpha value is -3.18. The molecule has 3 nitrogen and oxygen atoms in total. The summed E-state index contributed by atoms with van der Waals surface area (Å²) in [5, 5.41) is 0. The molecule has 1 saturated heterocycles. The predicted molar refractivity (Wildman–Crippen MR) is 137 cm³/mol. The number of halogens is 8. The van der Waals surface area contributed by atoms with Gasteiger partial charge < -0.3 is 14.2 Å². The van der Waals surface area contributed by atoms with Crippen LogP contribution in [0.3, 0.4) is 0 Å². The summed E-state index contributed by atoms with van der Waals surface area (Å²) in [6.45, 7) is 2.99. The zero-order valence-electron chi connectivity index (χ0n) is 22.5. The summed E-state index contributed by atoms with van der Waals surface area (Å²) in [4.78, 5) is 0. The van der Waals surface area contributed by atoms with Crippen LogP contribution in [0, 0.1) is 29.3 Å². The fourth-order valence-electron chi connectivity index (χ4n) is 5.50. The van der Waals surface area contributed by atoms with Gasteiger partial charge in [0.1, 0.15) is 23.2 Å². The summed E-state index contributed by atoms with van der Waals surface area (Å²) in [5.41, 5.74) is -0.980. The molecule has 3 aromatic rings. The summed E-state index contributed by atoms with van der Waals surface area (Å²) < 4.78 is 128. The van der Waals surface area contributed by atoms with E-state index >= 15 is 8.78 Å². The Kier molecular flexibility index (Phi) is 8.53. The SMILES string of the molecule is CC1COC(c2ccc(C3CCC(C(F)(F)Oc4ccc(-c5ccc(C(F)(F)F)c(F)c5)c(F)c4)CC3)c(F)c2)OC1. The number of ether oxygens (including phenoxy) is 3. The molecular formula is C31H28F8O3. The first kappa shape index (κ1) is 30.3. The van der Waals surface area contributed by atoms with Crippen LogP contribution in [-0.4, -0.2) is 19.3 Å². The van der Waals surface area contributed by atoms with Crippen LogP contribution in [-0.2, 0) is 15.7 Å². The van der Waals surface area contributed by atoms with Gasteiger partial charge in [-0.1, -0.05) is 25.1 Å². The molecule has 1 heterocycles. The van der Waals surface area contributed by atoms with E-state index in [1.165, 1.54) is 6.07 Å². The van der Waals surface area contributed by atoms with Crippen molar-refractivity contribution in [2.24, 2.45) is 11.8 Å². The highest BCUT2D eigenvalue weighted by atomic mass is 19.4. The van der Waals surface area contributed by atoms with Crippen molar-refractivity contribution in [3.63, 3.8) is 0 Å². The second-order valence-electron chi connectivity index (χ2n) is 10.9. The van der Waals surface area contributed by atoms with Gasteiger partial charge in [-0.2, -0.15) is 22.0 Å². The van der Waals surface area contributed by atoms with Crippen LogP contribution in [0.1, 0.15) is 61.5 Å². The lowest BCUT2D eigenvalue weighted by Crippen LogP contribution is -2.37. The van der Waals surface area contributed by atoms with E-state index in [1.807, 2.05) is 6.92 Å². The Morgan fingerprint density at radius 2 is 1.43 bits per heavy atom. The second kappa shape index (κ2) is 11.8. The van der Waals surface area contributed by atoms with E-state index in [1.54, 1.807) is 12.1 Å². The summed E-state index contributed by atoms with van der Waals surface area (Å²) in [6.07, 6.45) is -8.56. The van der Waals surface area contributed by atoms with Crippen LogP contribution in [0.15, 0.2) is 54.6 Å². The summed E-state index contributed by atoms with van der Waals surface area (Å²) >= 11 is 0. The van der Waals surface area contributed by atoms with Crippen LogP contribution in [0.2, 0.25) is 0 Å². The van der Waals surface area contributed by atoms with E-state index in [4.69, 9.17) is 14.2 Å². The highest BCUT2D eigenvalue weighted by Crippen LogP contribution is 2.44. The van der Waals surface area contributed by atoms with Gasteiger partial charge in [0.05, 0.1) is 24.7 Å². The van der Waals surface area contributed by atoms with Crippen molar-refractivity contribution in [3.05, 3.63) is 88.7 Å². The zero-order chi connectivity index (χ0) is 30.2. The minimum atomic E-state index is -4.92. The molecule has 0 amide bonds. The highest BCUT2D eigenvalue weighted by molar-refractivity contribution is 5.65. The molecule has 2 fully saturated rings. The Morgan fingerprint density at radius 1 is 0.738 bits per heavy atom. The van der Waals surface area contributed by atoms with Crippen LogP contribution in [0.25, 0.3) is 11.1 Å². The first-order valence-corrected chi connectivity index (χ1v) is 13.6. The number of benzene rings is 3. The van der Waals surface area contributed by atoms with Gasteiger partial charge in [0.15, 0.2) is 6.29 Å². The largest absolute Gasteiger partial charge is 0.432 e. The standard InChI is InChI=1S/C31H28F8O3/c1-17-15-40-29(41-16-17)20-4-9-23(26(32)13-20)18-2-6-21(7-3-18)31(38,39)42-22-8-10-24(27(33)14-22)19-5-11-25(28(34)12-19)30(35,36)37/h4-5,8-14,17-18,21,29H,2-3,6-7,15-16H2,1H3. The average Bonchev–Trinajstić information content (AvgIpc) is 2.92. The second-order valence-corrected chi connectivity index (χ2v) is 10.9. The van der Waals surface area contributed by atoms with E-state index in [2.05, 4.69) is 0 Å². The fourth-order valence-corrected chi connectivity index (χ4v) is 5.50. The lowest BCUT2D eigenvalue weighted by molar-refractivity contribution is -0.222. The van der Waals surface area contributed by atoms with E-state index in [-0.39, 0.29) is 35.8 Å². The van der Waals surface area contributed by atoms with Gasteiger partial charge in [0, 0.05) is 23.1 Å². The fraction of sp³-hybridized carbons (Fsp3) is 0.419. The third kappa shape index (κ3) is 6.57. The quantitative estimate of drug-likeness (QED) is 0.264. The summed E-state index contributed by atoms with van der Waals surface area (Å²) in [6, 6.07) is 9.40. The normalized spacial score (nSPS) is 23.5. The Morgan fingerprint density at radius 3 is 2.02 bits per heavy atom. The van der Waals surface area contributed by atoms with E-state index in [0.29, 0.717) is 55.4 Å². The first-order chi connectivity index (χ1) is 19.8. The zero-order valence-corrected chi connectivity index (χ0v) is 22.5. The van der Waals surface area contributed by atoms with Crippen molar-refractivity contribution in [1.82, 2.24) is 0 Å². The van der Waals surface area contributed by atoms with Crippen molar-refractivity contribution in [3.8, 4) is 16.9 Å². The molecule has 226 valence electrons.